The third-order valence-corrected chi connectivity index (χ3v) is 3.20. The van der Waals surface area contributed by atoms with E-state index in [1.807, 2.05) is 6.92 Å². The lowest BCUT2D eigenvalue weighted by Gasteiger charge is -2.26. The fraction of sp³-hybridized carbons (Fsp3) is 0.636. The average Bonchev–Trinajstić information content (AvgIpc) is 2.74. The van der Waals surface area contributed by atoms with Gasteiger partial charge < -0.3 is 9.47 Å². The number of nitrogens with one attached hydrogen (secondary N) is 1. The van der Waals surface area contributed by atoms with Gasteiger partial charge in [-0.2, -0.15) is 0 Å². The van der Waals surface area contributed by atoms with Gasteiger partial charge in [0.15, 0.2) is 5.79 Å². The molecular weight excluding hydrogens is 224 g/mol. The number of rotatable bonds is 3. The van der Waals surface area contributed by atoms with Gasteiger partial charge >= 0.3 is 5.69 Å². The first-order valence-electron chi connectivity index (χ1n) is 5.64. The zero-order valence-corrected chi connectivity index (χ0v) is 9.93. The van der Waals surface area contributed by atoms with E-state index < -0.39 is 17.0 Å². The molecule has 0 bridgehead atoms. The van der Waals surface area contributed by atoms with E-state index in [0.717, 1.165) is 12.8 Å². The minimum atomic E-state index is -0.611. The highest BCUT2D eigenvalue weighted by atomic mass is 16.7. The van der Waals surface area contributed by atoms with Crippen LogP contribution >= 0.6 is 0 Å². The average molecular weight is 240 g/mol. The first-order chi connectivity index (χ1) is 8.10. The Morgan fingerprint density at radius 2 is 2.41 bits per heavy atom. The molecule has 2 unspecified atom stereocenters. The van der Waals surface area contributed by atoms with Crippen LogP contribution in [0.3, 0.4) is 0 Å². The van der Waals surface area contributed by atoms with E-state index in [1.54, 1.807) is 7.11 Å². The molecule has 1 aromatic heterocycles. The normalized spacial score (nSPS) is 28.5. The molecule has 2 heterocycles. The highest BCUT2D eigenvalue weighted by Gasteiger charge is 2.39. The zero-order valence-electron chi connectivity index (χ0n) is 9.93. The first-order valence-corrected chi connectivity index (χ1v) is 5.64. The van der Waals surface area contributed by atoms with Gasteiger partial charge in [-0.25, -0.2) is 4.79 Å². The predicted octanol–water partition coefficient (Wildman–Crippen LogP) is 0.598. The van der Waals surface area contributed by atoms with Crippen molar-refractivity contribution in [2.24, 2.45) is 0 Å². The van der Waals surface area contributed by atoms with Crippen LogP contribution in [-0.4, -0.2) is 22.4 Å². The second kappa shape index (κ2) is 4.46. The molecule has 6 heteroatoms. The molecule has 0 aromatic carbocycles. The Kier molecular flexibility index (Phi) is 3.17. The summed E-state index contributed by atoms with van der Waals surface area (Å²) < 4.78 is 12.5. The van der Waals surface area contributed by atoms with Crippen LogP contribution in [0.2, 0.25) is 0 Å². The van der Waals surface area contributed by atoms with Crippen molar-refractivity contribution in [1.29, 1.82) is 0 Å². The Balaban J connectivity index is 2.26. The molecular formula is C11H16N2O4. The summed E-state index contributed by atoms with van der Waals surface area (Å²) in [6, 6.07) is 1.31. The third kappa shape index (κ3) is 2.18. The maximum absolute atomic E-state index is 11.6. The van der Waals surface area contributed by atoms with E-state index in [9.17, 15) is 9.59 Å². The molecule has 1 fully saturated rings. The summed E-state index contributed by atoms with van der Waals surface area (Å²) in [5.41, 5.74) is -0.858. The van der Waals surface area contributed by atoms with Gasteiger partial charge in [0.05, 0.1) is 0 Å². The summed E-state index contributed by atoms with van der Waals surface area (Å²) in [7, 11) is 1.60. The van der Waals surface area contributed by atoms with Crippen molar-refractivity contribution in [3.8, 4) is 0 Å². The summed E-state index contributed by atoms with van der Waals surface area (Å²) in [5, 5.41) is 0. The van der Waals surface area contributed by atoms with Gasteiger partial charge in [0.2, 0.25) is 0 Å². The van der Waals surface area contributed by atoms with E-state index in [1.165, 1.54) is 16.8 Å². The first kappa shape index (κ1) is 12.1. The van der Waals surface area contributed by atoms with Crippen LogP contribution in [-0.2, 0) is 9.47 Å². The monoisotopic (exact) mass is 240 g/mol. The van der Waals surface area contributed by atoms with E-state index in [-0.39, 0.29) is 6.23 Å². The lowest BCUT2D eigenvalue weighted by molar-refractivity contribution is -0.226. The summed E-state index contributed by atoms with van der Waals surface area (Å²) in [4.78, 5) is 24.8. The fourth-order valence-corrected chi connectivity index (χ4v) is 2.11. The van der Waals surface area contributed by atoms with Crippen LogP contribution in [0.25, 0.3) is 0 Å². The highest BCUT2D eigenvalue weighted by molar-refractivity contribution is 4.87. The number of H-pyrrole nitrogens is 1. The zero-order chi connectivity index (χ0) is 12.5. The van der Waals surface area contributed by atoms with Crippen LogP contribution in [0.5, 0.6) is 0 Å². The van der Waals surface area contributed by atoms with Crippen molar-refractivity contribution in [3.63, 3.8) is 0 Å². The van der Waals surface area contributed by atoms with Crippen LogP contribution in [0.4, 0.5) is 0 Å². The van der Waals surface area contributed by atoms with Crippen LogP contribution in [0.15, 0.2) is 21.9 Å². The standard InChI is InChI=1S/C11H16N2O4/c1-3-11(16-2)6-4-9(17-11)13-7-5-8(14)12-10(13)15/h5,7,9H,3-4,6H2,1-2H3,(H,12,14,15). The summed E-state index contributed by atoms with van der Waals surface area (Å²) in [6.45, 7) is 1.97. The number of nitrogens with zero attached hydrogens (tertiary/aromatic N) is 1. The fourth-order valence-electron chi connectivity index (χ4n) is 2.11. The molecule has 1 saturated heterocycles. The van der Waals surface area contributed by atoms with Crippen LogP contribution in [0, 0.1) is 0 Å². The molecule has 1 aromatic rings. The molecule has 0 aliphatic carbocycles. The largest absolute Gasteiger partial charge is 0.353 e. The van der Waals surface area contributed by atoms with E-state index in [4.69, 9.17) is 9.47 Å². The Morgan fingerprint density at radius 1 is 1.65 bits per heavy atom. The molecule has 6 nitrogen and oxygen atoms in total. The Morgan fingerprint density at radius 3 is 2.94 bits per heavy atom. The molecule has 17 heavy (non-hydrogen) atoms. The molecule has 1 aliphatic rings. The maximum Gasteiger partial charge on any atom is 0.330 e. The molecule has 2 atom stereocenters. The van der Waals surface area contributed by atoms with Gasteiger partial charge in [-0.3, -0.25) is 14.3 Å². The SMILES string of the molecule is CCC1(OC)CCC(n2ccc(=O)[nH]c2=O)O1. The van der Waals surface area contributed by atoms with Gasteiger partial charge in [-0.15, -0.1) is 0 Å². The number of hydrogen-bond donors (Lipinski definition) is 1. The summed E-state index contributed by atoms with van der Waals surface area (Å²) in [6.07, 6.45) is 3.22. The smallest absolute Gasteiger partial charge is 0.330 e. The third-order valence-electron chi connectivity index (χ3n) is 3.20. The molecule has 0 radical (unpaired) electrons. The van der Waals surface area contributed by atoms with Crippen LogP contribution < -0.4 is 11.2 Å². The molecule has 0 amide bonds. The van der Waals surface area contributed by atoms with Gasteiger partial charge in [-0.05, 0) is 12.8 Å². The Hall–Kier alpha value is -1.40. The lowest BCUT2D eigenvalue weighted by atomic mass is 10.1. The lowest BCUT2D eigenvalue weighted by Crippen LogP contribution is -2.34. The number of hydrogen-bond acceptors (Lipinski definition) is 4. The second-order valence-electron chi connectivity index (χ2n) is 4.10. The maximum atomic E-state index is 11.6. The topological polar surface area (TPSA) is 73.3 Å². The van der Waals surface area contributed by atoms with Gasteiger partial charge in [0, 0.05) is 25.8 Å². The Bertz CT molecular complexity index is 501. The van der Waals surface area contributed by atoms with E-state index in [0.29, 0.717) is 6.42 Å². The molecule has 0 saturated carbocycles. The minimum absolute atomic E-state index is 0.376. The molecule has 0 spiro atoms. The van der Waals surface area contributed by atoms with Crippen molar-refractivity contribution >= 4 is 0 Å². The van der Waals surface area contributed by atoms with Crippen LogP contribution in [0.1, 0.15) is 32.4 Å². The van der Waals surface area contributed by atoms with Crippen molar-refractivity contribution in [3.05, 3.63) is 33.1 Å². The Labute approximate surface area is 98.2 Å². The van der Waals surface area contributed by atoms with Gasteiger partial charge in [0.1, 0.15) is 6.23 Å². The predicted molar refractivity (Wildman–Crippen MR) is 60.7 cm³/mol. The van der Waals surface area contributed by atoms with E-state index >= 15 is 0 Å². The summed E-state index contributed by atoms with van der Waals surface area (Å²) in [5.74, 6) is -0.611. The van der Waals surface area contributed by atoms with Crippen molar-refractivity contribution in [2.75, 3.05) is 7.11 Å². The van der Waals surface area contributed by atoms with Gasteiger partial charge in [-0.1, -0.05) is 6.92 Å². The van der Waals surface area contributed by atoms with Crippen molar-refractivity contribution in [1.82, 2.24) is 9.55 Å². The quantitative estimate of drug-likeness (QED) is 0.839. The van der Waals surface area contributed by atoms with E-state index in [2.05, 4.69) is 4.98 Å². The molecule has 1 aliphatic heterocycles. The number of ether oxygens (including phenoxy) is 2. The summed E-state index contributed by atoms with van der Waals surface area (Å²) >= 11 is 0. The van der Waals surface area contributed by atoms with Gasteiger partial charge in [0.25, 0.3) is 5.56 Å². The second-order valence-corrected chi connectivity index (χ2v) is 4.10. The van der Waals surface area contributed by atoms with Crippen molar-refractivity contribution in [2.45, 2.75) is 38.2 Å². The number of aromatic nitrogens is 2. The number of aromatic amines is 1. The molecule has 1 N–H and O–H groups in total. The number of methoxy groups -OCH3 is 1. The van der Waals surface area contributed by atoms with Crippen molar-refractivity contribution < 1.29 is 9.47 Å². The minimum Gasteiger partial charge on any atom is -0.353 e. The molecule has 2 rings (SSSR count). The molecule has 94 valence electrons. The highest BCUT2D eigenvalue weighted by Crippen LogP contribution is 2.38.